The average Bonchev–Trinajstić information content (AvgIpc) is 2.37. The summed E-state index contributed by atoms with van der Waals surface area (Å²) in [5.74, 6) is 0. The minimum Gasteiger partial charge on any atom is -0.306 e. The molecule has 0 amide bonds. The molecule has 0 saturated carbocycles. The highest BCUT2D eigenvalue weighted by atomic mass is 32.2. The summed E-state index contributed by atoms with van der Waals surface area (Å²) in [7, 11) is -2.59. The summed E-state index contributed by atoms with van der Waals surface area (Å²) in [5, 5.41) is 0. The molecule has 1 rings (SSSR count). The zero-order valence-electron chi connectivity index (χ0n) is 10.4. The molecule has 8 heteroatoms. The van der Waals surface area contributed by atoms with Gasteiger partial charge in [0.25, 0.3) is 0 Å². The Hall–Kier alpha value is -1.77. The second kappa shape index (κ2) is 7.62. The molecule has 0 unspecified atom stereocenters. The van der Waals surface area contributed by atoms with Gasteiger partial charge < -0.3 is 5.43 Å². The number of hydrogen-bond donors (Lipinski definition) is 3. The Kier molecular flexibility index (Phi) is 6.13. The average molecular weight is 284 g/mol. The van der Waals surface area contributed by atoms with Crippen molar-refractivity contribution in [1.82, 2.24) is 4.83 Å². The summed E-state index contributed by atoms with van der Waals surface area (Å²) in [6.07, 6.45) is 4.88. The van der Waals surface area contributed by atoms with Crippen LogP contribution < -0.4 is 10.3 Å². The molecular formula is C11H16N4O3S. The number of hydrogen-bond acceptors (Lipinski definition) is 4. The number of hydrazine groups is 1. The van der Waals surface area contributed by atoms with Crippen molar-refractivity contribution in [2.75, 3.05) is 12.5 Å². The molecule has 0 aliphatic carbocycles. The monoisotopic (exact) mass is 284 g/mol. The molecule has 0 atom stereocenters. The van der Waals surface area contributed by atoms with Crippen LogP contribution in [0.15, 0.2) is 34.3 Å². The van der Waals surface area contributed by atoms with Gasteiger partial charge in [0.05, 0.1) is 0 Å². The maximum Gasteiger partial charge on any atom is 0.350 e. The van der Waals surface area contributed by atoms with E-state index in [4.69, 9.17) is 4.55 Å². The second-order valence-electron chi connectivity index (χ2n) is 3.64. The van der Waals surface area contributed by atoms with Crippen LogP contribution in [0.5, 0.6) is 0 Å². The van der Waals surface area contributed by atoms with E-state index in [1.165, 1.54) is 6.34 Å². The Balaban J connectivity index is 2.43. The van der Waals surface area contributed by atoms with Crippen molar-refractivity contribution in [2.24, 2.45) is 9.98 Å². The molecule has 0 aliphatic rings. The fraction of sp³-hybridized carbons (Fsp3) is 0.273. The van der Waals surface area contributed by atoms with E-state index < -0.39 is 10.3 Å². The van der Waals surface area contributed by atoms with Crippen LogP contribution in [0.1, 0.15) is 12.0 Å². The summed E-state index contributed by atoms with van der Waals surface area (Å²) in [6.45, 7) is 0. The van der Waals surface area contributed by atoms with Gasteiger partial charge >= 0.3 is 10.3 Å². The van der Waals surface area contributed by atoms with Gasteiger partial charge in [-0.1, -0.05) is 12.1 Å². The van der Waals surface area contributed by atoms with E-state index in [0.29, 0.717) is 5.69 Å². The fourth-order valence-corrected chi connectivity index (χ4v) is 1.54. The summed E-state index contributed by atoms with van der Waals surface area (Å²) < 4.78 is 29.4. The third kappa shape index (κ3) is 7.29. The number of aliphatic imine (C=N–C) groups is 2. The molecule has 0 spiro atoms. The minimum absolute atomic E-state index is 0.535. The van der Waals surface area contributed by atoms with Crippen molar-refractivity contribution in [3.63, 3.8) is 0 Å². The molecule has 0 bridgehead atoms. The normalized spacial score (nSPS) is 12.3. The molecule has 1 aromatic carbocycles. The SMILES string of the molecule is C/N=C\N=C/CCc1ccc(NNS(=O)(=O)O)cc1. The van der Waals surface area contributed by atoms with E-state index in [0.717, 1.165) is 18.4 Å². The number of aryl methyl sites for hydroxylation is 1. The first kappa shape index (κ1) is 15.3. The van der Waals surface area contributed by atoms with E-state index in [-0.39, 0.29) is 0 Å². The molecule has 19 heavy (non-hydrogen) atoms. The van der Waals surface area contributed by atoms with E-state index in [1.54, 1.807) is 30.2 Å². The number of anilines is 1. The van der Waals surface area contributed by atoms with E-state index in [1.807, 2.05) is 12.1 Å². The van der Waals surface area contributed by atoms with Crippen molar-refractivity contribution in [3.05, 3.63) is 29.8 Å². The Morgan fingerprint density at radius 1 is 1.32 bits per heavy atom. The van der Waals surface area contributed by atoms with Gasteiger partial charge in [0.2, 0.25) is 0 Å². The Bertz CT molecular complexity index is 538. The van der Waals surface area contributed by atoms with E-state index >= 15 is 0 Å². The van der Waals surface area contributed by atoms with Gasteiger partial charge in [0.1, 0.15) is 6.34 Å². The molecule has 104 valence electrons. The Morgan fingerprint density at radius 3 is 2.58 bits per heavy atom. The third-order valence-corrected chi connectivity index (χ3v) is 2.49. The third-order valence-electron chi connectivity index (χ3n) is 2.13. The number of nitrogens with one attached hydrogen (secondary N) is 2. The maximum atomic E-state index is 10.5. The van der Waals surface area contributed by atoms with Crippen LogP contribution in [0, 0.1) is 0 Å². The highest BCUT2D eigenvalue weighted by Crippen LogP contribution is 2.09. The largest absolute Gasteiger partial charge is 0.350 e. The molecule has 0 heterocycles. The molecule has 1 aromatic rings. The molecule has 3 N–H and O–H groups in total. The number of rotatable bonds is 7. The minimum atomic E-state index is -4.25. The van der Waals surface area contributed by atoms with Crippen LogP contribution in [0.3, 0.4) is 0 Å². The summed E-state index contributed by atoms with van der Waals surface area (Å²) in [4.78, 5) is 9.44. The predicted octanol–water partition coefficient (Wildman–Crippen LogP) is 1.07. The molecule has 7 nitrogen and oxygen atoms in total. The summed E-state index contributed by atoms with van der Waals surface area (Å²) in [5.41, 5.74) is 3.99. The smallest absolute Gasteiger partial charge is 0.306 e. The van der Waals surface area contributed by atoms with Gasteiger partial charge in [-0.2, -0.15) is 8.42 Å². The van der Waals surface area contributed by atoms with Crippen LogP contribution in [-0.2, 0) is 16.7 Å². The quantitative estimate of drug-likeness (QED) is 0.301. The fourth-order valence-electron chi connectivity index (χ4n) is 1.30. The number of benzene rings is 1. The maximum absolute atomic E-state index is 10.5. The van der Waals surface area contributed by atoms with Gasteiger partial charge in [0.15, 0.2) is 0 Å². The molecule has 0 saturated heterocycles. The lowest BCUT2D eigenvalue weighted by atomic mass is 10.1. The van der Waals surface area contributed by atoms with Crippen LogP contribution in [0.4, 0.5) is 5.69 Å². The van der Waals surface area contributed by atoms with Crippen molar-refractivity contribution < 1.29 is 13.0 Å². The zero-order valence-corrected chi connectivity index (χ0v) is 11.3. The molecular weight excluding hydrogens is 268 g/mol. The first-order valence-electron chi connectivity index (χ1n) is 5.53. The van der Waals surface area contributed by atoms with Gasteiger partial charge in [-0.3, -0.25) is 9.55 Å². The van der Waals surface area contributed by atoms with Crippen LogP contribution in [-0.4, -0.2) is 32.6 Å². The van der Waals surface area contributed by atoms with Crippen LogP contribution in [0.25, 0.3) is 0 Å². The molecule has 0 radical (unpaired) electrons. The lowest BCUT2D eigenvalue weighted by Crippen LogP contribution is -2.28. The number of nitrogens with zero attached hydrogens (tertiary/aromatic N) is 2. The van der Waals surface area contributed by atoms with E-state index in [2.05, 4.69) is 15.4 Å². The predicted molar refractivity (Wildman–Crippen MR) is 76.0 cm³/mol. The zero-order chi connectivity index (χ0) is 14.1. The topological polar surface area (TPSA) is 103 Å². The first-order valence-corrected chi connectivity index (χ1v) is 6.97. The van der Waals surface area contributed by atoms with E-state index in [9.17, 15) is 8.42 Å². The van der Waals surface area contributed by atoms with Crippen LogP contribution >= 0.6 is 0 Å². The van der Waals surface area contributed by atoms with Crippen molar-refractivity contribution in [2.45, 2.75) is 12.8 Å². The highest BCUT2D eigenvalue weighted by molar-refractivity contribution is 7.83. The van der Waals surface area contributed by atoms with Gasteiger partial charge in [-0.15, -0.1) is 4.83 Å². The van der Waals surface area contributed by atoms with Gasteiger partial charge in [0, 0.05) is 18.9 Å². The summed E-state index contributed by atoms with van der Waals surface area (Å²) >= 11 is 0. The van der Waals surface area contributed by atoms with Gasteiger partial charge in [-0.05, 0) is 30.5 Å². The lowest BCUT2D eigenvalue weighted by molar-refractivity contribution is 0.473. The summed E-state index contributed by atoms with van der Waals surface area (Å²) in [6, 6.07) is 7.13. The second-order valence-corrected chi connectivity index (χ2v) is 4.80. The highest BCUT2D eigenvalue weighted by Gasteiger charge is 2.01. The first-order chi connectivity index (χ1) is 9.01. The lowest BCUT2D eigenvalue weighted by Gasteiger charge is -2.06. The van der Waals surface area contributed by atoms with Gasteiger partial charge in [-0.25, -0.2) is 4.99 Å². The molecule has 0 fully saturated rings. The Morgan fingerprint density at radius 2 is 2.00 bits per heavy atom. The van der Waals surface area contributed by atoms with Crippen molar-refractivity contribution >= 4 is 28.5 Å². The van der Waals surface area contributed by atoms with Crippen LogP contribution in [0.2, 0.25) is 0 Å². The Labute approximate surface area is 112 Å². The standard InChI is InChI=1S/C11H16N4O3S/c1-12-9-13-8-2-3-10-4-6-11(7-5-10)14-15-19(16,17)18/h4-9,14-15H,2-3H2,1H3,(H,16,17,18)/b12-9-,13-8-. The van der Waals surface area contributed by atoms with Crippen molar-refractivity contribution in [3.8, 4) is 0 Å². The van der Waals surface area contributed by atoms with Crippen molar-refractivity contribution in [1.29, 1.82) is 0 Å². The molecule has 0 aromatic heterocycles. The molecule has 0 aliphatic heterocycles.